The maximum absolute atomic E-state index is 12.9. The smallest absolute Gasteiger partial charge is 0.123 e. The molecule has 24 heavy (non-hydrogen) atoms. The van der Waals surface area contributed by atoms with Gasteiger partial charge in [0, 0.05) is 13.1 Å². The predicted molar refractivity (Wildman–Crippen MR) is 102 cm³/mol. The third kappa shape index (κ3) is 4.81. The van der Waals surface area contributed by atoms with Crippen molar-refractivity contribution in [1.29, 1.82) is 0 Å². The number of rotatable bonds is 5. The molecule has 0 radical (unpaired) electrons. The van der Waals surface area contributed by atoms with Gasteiger partial charge in [-0.1, -0.05) is 18.2 Å². The van der Waals surface area contributed by atoms with E-state index in [0.717, 1.165) is 25.9 Å². The van der Waals surface area contributed by atoms with Gasteiger partial charge in [-0.15, -0.1) is 17.0 Å². The molecule has 0 bridgehead atoms. The highest BCUT2D eigenvalue weighted by atomic mass is 79.9. The molecule has 0 aromatic heterocycles. The zero-order chi connectivity index (χ0) is 16.2. The minimum Gasteiger partial charge on any atom is -0.508 e. The highest BCUT2D eigenvalue weighted by Crippen LogP contribution is 2.33. The molecule has 3 rings (SSSR count). The topological polar surface area (TPSA) is 23.5 Å². The zero-order valence-electron chi connectivity index (χ0n) is 14.0. The van der Waals surface area contributed by atoms with Crippen LogP contribution in [0.3, 0.4) is 0 Å². The molecule has 1 unspecified atom stereocenters. The van der Waals surface area contributed by atoms with E-state index in [4.69, 9.17) is 0 Å². The number of phenolic OH excluding ortho intramolecular Hbond substituents is 1. The van der Waals surface area contributed by atoms with Crippen LogP contribution in [0.1, 0.15) is 35.4 Å². The molecule has 0 aliphatic heterocycles. The minimum atomic E-state index is -0.177. The maximum Gasteiger partial charge on any atom is 0.123 e. The maximum atomic E-state index is 12.9. The first-order valence-electron chi connectivity index (χ1n) is 8.36. The Morgan fingerprint density at radius 1 is 1.17 bits per heavy atom. The van der Waals surface area contributed by atoms with E-state index in [0.29, 0.717) is 11.7 Å². The number of likely N-dealkylation sites (N-methyl/N-ethyl adjacent to an activating group) is 1. The molecule has 0 heterocycles. The average molecular weight is 394 g/mol. The van der Waals surface area contributed by atoms with Gasteiger partial charge in [-0.2, -0.15) is 0 Å². The van der Waals surface area contributed by atoms with E-state index >= 15 is 0 Å². The molecule has 4 heteroatoms. The molecule has 0 spiro atoms. The van der Waals surface area contributed by atoms with Crippen LogP contribution in [0.15, 0.2) is 42.5 Å². The molecular formula is C20H25BrFNO. The molecule has 0 amide bonds. The lowest BCUT2D eigenvalue weighted by molar-refractivity contribution is 0.301. The summed E-state index contributed by atoms with van der Waals surface area (Å²) in [6.45, 7) is 1.99. The number of hydrogen-bond donors (Lipinski definition) is 1. The van der Waals surface area contributed by atoms with Crippen LogP contribution in [-0.2, 0) is 12.8 Å². The van der Waals surface area contributed by atoms with Crippen LogP contribution >= 0.6 is 17.0 Å². The highest BCUT2D eigenvalue weighted by molar-refractivity contribution is 8.93. The molecule has 2 aromatic carbocycles. The Morgan fingerprint density at radius 2 is 1.92 bits per heavy atom. The van der Waals surface area contributed by atoms with Crippen LogP contribution in [0.5, 0.6) is 5.75 Å². The van der Waals surface area contributed by atoms with Gasteiger partial charge in [-0.3, -0.25) is 0 Å². The quantitative estimate of drug-likeness (QED) is 0.795. The first-order chi connectivity index (χ1) is 11.1. The minimum absolute atomic E-state index is 0. The van der Waals surface area contributed by atoms with Crippen molar-refractivity contribution in [2.24, 2.45) is 0 Å². The Labute approximate surface area is 154 Å². The molecule has 0 saturated heterocycles. The molecule has 2 aromatic rings. The molecule has 1 N–H and O–H groups in total. The number of halogens is 2. The Hall–Kier alpha value is -1.39. The van der Waals surface area contributed by atoms with Crippen LogP contribution in [0, 0.1) is 5.82 Å². The summed E-state index contributed by atoms with van der Waals surface area (Å²) < 4.78 is 12.9. The summed E-state index contributed by atoms with van der Waals surface area (Å²) in [6.07, 6.45) is 4.40. The standard InChI is InChI=1S/C20H24FNO.BrH/c1-22(12-11-15-5-7-18(21)8-6-15)14-17-4-2-3-16-13-19(23)9-10-20(16)17;/h5-10,13,17,23H,2-4,11-12,14H2,1H3;1H. The number of fused-ring (bicyclic) bond motifs is 1. The number of hydrogen-bond acceptors (Lipinski definition) is 2. The molecule has 1 aliphatic carbocycles. The van der Waals surface area contributed by atoms with Crippen molar-refractivity contribution in [2.45, 2.75) is 31.6 Å². The zero-order valence-corrected chi connectivity index (χ0v) is 15.8. The van der Waals surface area contributed by atoms with Gasteiger partial charge < -0.3 is 10.0 Å². The second kappa shape index (κ2) is 8.63. The van der Waals surface area contributed by atoms with Gasteiger partial charge >= 0.3 is 0 Å². The van der Waals surface area contributed by atoms with E-state index in [9.17, 15) is 9.50 Å². The van der Waals surface area contributed by atoms with Gasteiger partial charge in [0.2, 0.25) is 0 Å². The summed E-state index contributed by atoms with van der Waals surface area (Å²) in [6, 6.07) is 12.6. The van der Waals surface area contributed by atoms with E-state index in [-0.39, 0.29) is 22.8 Å². The number of aromatic hydroxyl groups is 1. The van der Waals surface area contributed by atoms with Crippen LogP contribution in [-0.4, -0.2) is 30.1 Å². The van der Waals surface area contributed by atoms with E-state index in [1.165, 1.54) is 41.7 Å². The first-order valence-corrected chi connectivity index (χ1v) is 8.36. The van der Waals surface area contributed by atoms with Crippen molar-refractivity contribution in [3.63, 3.8) is 0 Å². The van der Waals surface area contributed by atoms with Crippen molar-refractivity contribution in [2.75, 3.05) is 20.1 Å². The van der Waals surface area contributed by atoms with Crippen molar-refractivity contribution in [3.05, 3.63) is 65.0 Å². The van der Waals surface area contributed by atoms with Gasteiger partial charge in [0.05, 0.1) is 0 Å². The number of benzene rings is 2. The van der Waals surface area contributed by atoms with Crippen molar-refractivity contribution in [3.8, 4) is 5.75 Å². The lowest BCUT2D eigenvalue weighted by Crippen LogP contribution is -2.28. The van der Waals surface area contributed by atoms with Crippen LogP contribution in [0.25, 0.3) is 0 Å². The summed E-state index contributed by atoms with van der Waals surface area (Å²) in [5, 5.41) is 9.65. The summed E-state index contributed by atoms with van der Waals surface area (Å²) >= 11 is 0. The lowest BCUT2D eigenvalue weighted by Gasteiger charge is -2.29. The van der Waals surface area contributed by atoms with Crippen LogP contribution in [0.2, 0.25) is 0 Å². The first kappa shape index (κ1) is 18.9. The third-order valence-corrected chi connectivity index (χ3v) is 4.79. The Bertz CT molecular complexity index is 659. The SMILES string of the molecule is Br.CN(CCc1ccc(F)cc1)CC1CCCc2cc(O)ccc21. The van der Waals surface area contributed by atoms with E-state index < -0.39 is 0 Å². The molecule has 0 fully saturated rings. The van der Waals surface area contributed by atoms with Crippen LogP contribution < -0.4 is 0 Å². The van der Waals surface area contributed by atoms with Gasteiger partial charge in [0.15, 0.2) is 0 Å². The second-order valence-corrected chi connectivity index (χ2v) is 6.61. The number of aryl methyl sites for hydroxylation is 1. The van der Waals surface area contributed by atoms with Crippen molar-refractivity contribution >= 4 is 17.0 Å². The molecule has 1 atom stereocenters. The van der Waals surface area contributed by atoms with Crippen molar-refractivity contribution < 1.29 is 9.50 Å². The third-order valence-electron chi connectivity index (χ3n) is 4.79. The Morgan fingerprint density at radius 3 is 2.67 bits per heavy atom. The van der Waals surface area contributed by atoms with Crippen molar-refractivity contribution in [1.82, 2.24) is 4.90 Å². The Kier molecular flexibility index (Phi) is 6.81. The number of nitrogens with zero attached hydrogens (tertiary/aromatic N) is 1. The molecule has 2 nitrogen and oxygen atoms in total. The highest BCUT2D eigenvalue weighted by Gasteiger charge is 2.21. The summed E-state index contributed by atoms with van der Waals surface area (Å²) in [5.74, 6) is 0.732. The average Bonchev–Trinajstić information content (AvgIpc) is 2.54. The van der Waals surface area contributed by atoms with Gasteiger partial charge in [0.1, 0.15) is 11.6 Å². The second-order valence-electron chi connectivity index (χ2n) is 6.61. The van der Waals surface area contributed by atoms with Gasteiger partial charge in [-0.05, 0) is 79.6 Å². The molecule has 130 valence electrons. The predicted octanol–water partition coefficient (Wildman–Crippen LogP) is 4.70. The summed E-state index contributed by atoms with van der Waals surface area (Å²) in [4.78, 5) is 2.36. The number of phenols is 1. The summed E-state index contributed by atoms with van der Waals surface area (Å²) in [5.41, 5.74) is 3.86. The normalized spacial score (nSPS) is 16.5. The largest absolute Gasteiger partial charge is 0.508 e. The Balaban J connectivity index is 0.00000208. The van der Waals surface area contributed by atoms with E-state index in [1.54, 1.807) is 6.07 Å². The van der Waals surface area contributed by atoms with Gasteiger partial charge in [-0.25, -0.2) is 4.39 Å². The van der Waals surface area contributed by atoms with E-state index in [1.807, 2.05) is 18.2 Å². The fourth-order valence-corrected chi connectivity index (χ4v) is 3.53. The fourth-order valence-electron chi connectivity index (χ4n) is 3.53. The van der Waals surface area contributed by atoms with E-state index in [2.05, 4.69) is 18.0 Å². The summed E-state index contributed by atoms with van der Waals surface area (Å²) in [7, 11) is 2.15. The molecule has 1 aliphatic rings. The molecule has 0 saturated carbocycles. The molecular weight excluding hydrogens is 369 g/mol. The lowest BCUT2D eigenvalue weighted by atomic mass is 9.82. The monoisotopic (exact) mass is 393 g/mol. The van der Waals surface area contributed by atoms with Crippen LogP contribution in [0.4, 0.5) is 4.39 Å². The van der Waals surface area contributed by atoms with Gasteiger partial charge in [0.25, 0.3) is 0 Å². The fraction of sp³-hybridized carbons (Fsp3) is 0.400.